The average molecular weight is 360 g/mol. The SMILES string of the molecule is O=C1C[C@@]2(CCN(C(=O)c3ccc(F)cc3Cl)C2)Oc2ccccc21. The highest BCUT2D eigenvalue weighted by molar-refractivity contribution is 6.33. The zero-order valence-electron chi connectivity index (χ0n) is 13.3. The summed E-state index contributed by atoms with van der Waals surface area (Å²) in [7, 11) is 0. The van der Waals surface area contributed by atoms with Crippen molar-refractivity contribution in [3.05, 3.63) is 64.4 Å². The number of ether oxygens (including phenoxy) is 1. The van der Waals surface area contributed by atoms with Crippen molar-refractivity contribution in [3.8, 4) is 5.75 Å². The van der Waals surface area contributed by atoms with Gasteiger partial charge in [0, 0.05) is 13.0 Å². The molecule has 0 saturated carbocycles. The van der Waals surface area contributed by atoms with E-state index in [2.05, 4.69) is 0 Å². The first-order valence-corrected chi connectivity index (χ1v) is 8.41. The Balaban J connectivity index is 1.57. The molecule has 4 nitrogen and oxygen atoms in total. The van der Waals surface area contributed by atoms with E-state index in [0.717, 1.165) is 6.07 Å². The average Bonchev–Trinajstić information content (AvgIpc) is 2.97. The topological polar surface area (TPSA) is 46.6 Å². The van der Waals surface area contributed by atoms with E-state index in [1.807, 2.05) is 6.07 Å². The molecule has 0 N–H and O–H groups in total. The molecule has 0 radical (unpaired) electrons. The summed E-state index contributed by atoms with van der Waals surface area (Å²) in [6, 6.07) is 10.9. The van der Waals surface area contributed by atoms with E-state index in [1.165, 1.54) is 12.1 Å². The van der Waals surface area contributed by atoms with Gasteiger partial charge in [-0.1, -0.05) is 23.7 Å². The molecule has 1 amide bonds. The highest BCUT2D eigenvalue weighted by Gasteiger charge is 2.47. The van der Waals surface area contributed by atoms with Crippen LogP contribution in [0.4, 0.5) is 4.39 Å². The van der Waals surface area contributed by atoms with Crippen LogP contribution in [-0.2, 0) is 0 Å². The van der Waals surface area contributed by atoms with Crippen LogP contribution >= 0.6 is 11.6 Å². The molecule has 2 aliphatic rings. The monoisotopic (exact) mass is 359 g/mol. The van der Waals surface area contributed by atoms with Crippen LogP contribution in [0.1, 0.15) is 33.6 Å². The molecule has 4 rings (SSSR count). The number of hydrogen-bond acceptors (Lipinski definition) is 3. The normalized spacial score (nSPS) is 22.0. The lowest BCUT2D eigenvalue weighted by Gasteiger charge is -2.34. The van der Waals surface area contributed by atoms with E-state index in [-0.39, 0.29) is 28.7 Å². The molecule has 0 aromatic heterocycles. The first kappa shape index (κ1) is 16.1. The van der Waals surface area contributed by atoms with Gasteiger partial charge in [0.25, 0.3) is 5.91 Å². The number of likely N-dealkylation sites (tertiary alicyclic amines) is 1. The zero-order chi connectivity index (χ0) is 17.6. The van der Waals surface area contributed by atoms with Crippen molar-refractivity contribution < 1.29 is 18.7 Å². The molecule has 2 aromatic rings. The molecule has 0 bridgehead atoms. The third-order valence-corrected chi connectivity index (χ3v) is 5.07. The fourth-order valence-electron chi connectivity index (χ4n) is 3.52. The highest BCUT2D eigenvalue weighted by Crippen LogP contribution is 2.39. The standard InChI is InChI=1S/C19H15ClFNO3/c20-15-9-12(21)5-6-13(15)18(24)22-8-7-19(11-22)10-16(23)14-3-1-2-4-17(14)25-19/h1-6,9H,7-8,10-11H2/t19-/m1/s1. The number of rotatable bonds is 1. The lowest BCUT2D eigenvalue weighted by atomic mass is 9.89. The van der Waals surface area contributed by atoms with Crippen LogP contribution < -0.4 is 4.74 Å². The van der Waals surface area contributed by atoms with Crippen molar-refractivity contribution in [2.24, 2.45) is 0 Å². The maximum atomic E-state index is 13.2. The molecule has 6 heteroatoms. The predicted molar refractivity (Wildman–Crippen MR) is 90.7 cm³/mol. The fraction of sp³-hybridized carbons (Fsp3) is 0.263. The number of halogens is 2. The van der Waals surface area contributed by atoms with E-state index in [9.17, 15) is 14.0 Å². The highest BCUT2D eigenvalue weighted by atomic mass is 35.5. The van der Waals surface area contributed by atoms with Gasteiger partial charge in [-0.05, 0) is 30.3 Å². The first-order valence-electron chi connectivity index (χ1n) is 8.03. The van der Waals surface area contributed by atoms with Gasteiger partial charge in [0.2, 0.25) is 0 Å². The quantitative estimate of drug-likeness (QED) is 0.779. The first-order chi connectivity index (χ1) is 12.0. The molecule has 2 aromatic carbocycles. The van der Waals surface area contributed by atoms with Crippen LogP contribution in [0.3, 0.4) is 0 Å². The van der Waals surface area contributed by atoms with Gasteiger partial charge < -0.3 is 9.64 Å². The van der Waals surface area contributed by atoms with Gasteiger partial charge in [-0.15, -0.1) is 0 Å². The molecular formula is C19H15ClFNO3. The number of carbonyl (C=O) groups is 2. The molecule has 0 unspecified atom stereocenters. The van der Waals surface area contributed by atoms with Gasteiger partial charge in [0.1, 0.15) is 17.2 Å². The Hall–Kier alpha value is -2.40. The predicted octanol–water partition coefficient (Wildman–Crippen LogP) is 3.73. The molecule has 1 spiro atoms. The van der Waals surface area contributed by atoms with E-state index < -0.39 is 11.4 Å². The molecular weight excluding hydrogens is 345 g/mol. The van der Waals surface area contributed by atoms with Crippen LogP contribution in [0, 0.1) is 5.82 Å². The number of hydrogen-bond donors (Lipinski definition) is 0. The fourth-order valence-corrected chi connectivity index (χ4v) is 3.77. The van der Waals surface area contributed by atoms with Gasteiger partial charge in [-0.2, -0.15) is 0 Å². The largest absolute Gasteiger partial charge is 0.484 e. The number of nitrogens with zero attached hydrogens (tertiary/aromatic N) is 1. The number of carbonyl (C=O) groups excluding carboxylic acids is 2. The van der Waals surface area contributed by atoms with Crippen LogP contribution in [0.25, 0.3) is 0 Å². The summed E-state index contributed by atoms with van der Waals surface area (Å²) in [6.07, 6.45) is 0.808. The number of amides is 1. The number of ketones is 1. The Morgan fingerprint density at radius 3 is 2.84 bits per heavy atom. The summed E-state index contributed by atoms with van der Waals surface area (Å²) < 4.78 is 19.3. The Labute approximate surface area is 149 Å². The zero-order valence-corrected chi connectivity index (χ0v) is 14.1. The van der Waals surface area contributed by atoms with E-state index in [4.69, 9.17) is 16.3 Å². The second kappa shape index (κ2) is 5.85. The van der Waals surface area contributed by atoms with E-state index in [0.29, 0.717) is 30.8 Å². The second-order valence-corrected chi connectivity index (χ2v) is 6.89. The summed E-state index contributed by atoms with van der Waals surface area (Å²) in [4.78, 5) is 26.8. The lowest BCUT2D eigenvalue weighted by Crippen LogP contribution is -2.45. The Kier molecular flexibility index (Phi) is 3.76. The summed E-state index contributed by atoms with van der Waals surface area (Å²) in [5, 5.41) is 0.0805. The summed E-state index contributed by atoms with van der Waals surface area (Å²) in [5.74, 6) is -0.183. The molecule has 1 saturated heterocycles. The minimum Gasteiger partial charge on any atom is -0.484 e. The number of benzene rings is 2. The van der Waals surface area contributed by atoms with Crippen LogP contribution in [0.15, 0.2) is 42.5 Å². The van der Waals surface area contributed by atoms with Crippen LogP contribution in [0.2, 0.25) is 5.02 Å². The molecule has 1 atom stereocenters. The molecule has 25 heavy (non-hydrogen) atoms. The maximum Gasteiger partial charge on any atom is 0.255 e. The molecule has 2 heterocycles. The molecule has 128 valence electrons. The van der Waals surface area contributed by atoms with Gasteiger partial charge in [0.05, 0.1) is 29.1 Å². The lowest BCUT2D eigenvalue weighted by molar-refractivity contribution is 0.0428. The maximum absolute atomic E-state index is 13.2. The Morgan fingerprint density at radius 1 is 1.24 bits per heavy atom. The third kappa shape index (κ3) is 2.78. The second-order valence-electron chi connectivity index (χ2n) is 6.48. The van der Waals surface area contributed by atoms with Gasteiger partial charge in [0.15, 0.2) is 5.78 Å². The molecule has 0 aliphatic carbocycles. The summed E-state index contributed by atoms with van der Waals surface area (Å²) in [5.41, 5.74) is 0.135. The minimum atomic E-state index is -0.701. The number of Topliss-reactive ketones (excluding diaryl/α,β-unsaturated/α-hetero) is 1. The minimum absolute atomic E-state index is 0.0240. The van der Waals surface area contributed by atoms with Crippen molar-refractivity contribution in [1.29, 1.82) is 0 Å². The Bertz CT molecular complexity index is 885. The van der Waals surface area contributed by atoms with E-state index >= 15 is 0 Å². The number of fused-ring (bicyclic) bond motifs is 1. The third-order valence-electron chi connectivity index (χ3n) is 4.76. The molecule has 2 aliphatic heterocycles. The van der Waals surface area contributed by atoms with Crippen LogP contribution in [-0.4, -0.2) is 35.3 Å². The van der Waals surface area contributed by atoms with E-state index in [1.54, 1.807) is 23.1 Å². The smallest absolute Gasteiger partial charge is 0.255 e. The van der Waals surface area contributed by atoms with Crippen LogP contribution in [0.5, 0.6) is 5.75 Å². The Morgan fingerprint density at radius 2 is 2.04 bits per heavy atom. The summed E-state index contributed by atoms with van der Waals surface area (Å²) in [6.45, 7) is 0.765. The molecule has 1 fully saturated rings. The van der Waals surface area contributed by atoms with Crippen molar-refractivity contribution in [3.63, 3.8) is 0 Å². The number of para-hydroxylation sites is 1. The van der Waals surface area contributed by atoms with Crippen molar-refractivity contribution in [2.45, 2.75) is 18.4 Å². The van der Waals surface area contributed by atoms with Gasteiger partial charge in [-0.3, -0.25) is 9.59 Å². The summed E-state index contributed by atoms with van der Waals surface area (Å²) >= 11 is 6.00. The van der Waals surface area contributed by atoms with Gasteiger partial charge >= 0.3 is 0 Å². The van der Waals surface area contributed by atoms with Gasteiger partial charge in [-0.25, -0.2) is 4.39 Å². The van der Waals surface area contributed by atoms with Crippen molar-refractivity contribution in [2.75, 3.05) is 13.1 Å². The van der Waals surface area contributed by atoms with Crippen molar-refractivity contribution >= 4 is 23.3 Å². The van der Waals surface area contributed by atoms with Crippen molar-refractivity contribution in [1.82, 2.24) is 4.90 Å².